The summed E-state index contributed by atoms with van der Waals surface area (Å²) < 4.78 is 4.50. The lowest BCUT2D eigenvalue weighted by Crippen LogP contribution is -2.11. The van der Waals surface area contributed by atoms with Gasteiger partial charge in [-0.1, -0.05) is 13.8 Å². The van der Waals surface area contributed by atoms with Gasteiger partial charge in [-0.3, -0.25) is 0 Å². The van der Waals surface area contributed by atoms with Crippen LogP contribution in [-0.2, 0) is 9.53 Å². The number of carbonyl (C=O) groups is 1. The molecule has 1 rings (SSSR count). The highest BCUT2D eigenvalue weighted by molar-refractivity contribution is 5.85. The molecule has 11 heavy (non-hydrogen) atoms. The Balaban J connectivity index is 2.57. The highest BCUT2D eigenvalue weighted by Crippen LogP contribution is 2.20. The summed E-state index contributed by atoms with van der Waals surface area (Å²) in [6.07, 6.45) is 1.09. The average molecular weight is 156 g/mol. The number of carbonyl (C=O) groups excluding carboxylic acids is 1. The molecular weight excluding hydrogens is 144 g/mol. The number of aliphatic hydroxyl groups excluding tert-OH is 1. The van der Waals surface area contributed by atoms with E-state index in [1.54, 1.807) is 0 Å². The zero-order chi connectivity index (χ0) is 8.43. The van der Waals surface area contributed by atoms with Gasteiger partial charge in [-0.2, -0.15) is 0 Å². The minimum atomic E-state index is -0.995. The van der Waals surface area contributed by atoms with Crippen LogP contribution in [-0.4, -0.2) is 17.4 Å². The molecule has 0 saturated heterocycles. The Morgan fingerprint density at radius 3 is 2.73 bits per heavy atom. The fraction of sp³-hybridized carbons (Fsp3) is 0.625. The Bertz CT molecular complexity index is 194. The molecule has 1 unspecified atom stereocenters. The van der Waals surface area contributed by atoms with Gasteiger partial charge in [0.25, 0.3) is 0 Å². The van der Waals surface area contributed by atoms with Crippen LogP contribution in [0.1, 0.15) is 20.3 Å². The summed E-state index contributed by atoms with van der Waals surface area (Å²) in [4.78, 5) is 10.6. The monoisotopic (exact) mass is 156 g/mol. The van der Waals surface area contributed by atoms with Crippen molar-refractivity contribution >= 4 is 5.97 Å². The number of esters is 1. The second kappa shape index (κ2) is 3.05. The minimum Gasteiger partial charge on any atom is -0.429 e. The van der Waals surface area contributed by atoms with Crippen LogP contribution in [0.15, 0.2) is 11.6 Å². The van der Waals surface area contributed by atoms with E-state index in [1.807, 2.05) is 13.8 Å². The maximum atomic E-state index is 10.6. The van der Waals surface area contributed by atoms with Crippen molar-refractivity contribution in [1.82, 2.24) is 0 Å². The number of hydrogen-bond donors (Lipinski definition) is 1. The van der Waals surface area contributed by atoms with Gasteiger partial charge in [0.2, 0.25) is 6.29 Å². The molecular formula is C8H12O3. The summed E-state index contributed by atoms with van der Waals surface area (Å²) in [5.41, 5.74) is 0.685. The Hall–Kier alpha value is -0.830. The third kappa shape index (κ3) is 2.05. The molecule has 0 spiro atoms. The molecule has 0 aromatic rings. The summed E-state index contributed by atoms with van der Waals surface area (Å²) >= 11 is 0. The molecule has 1 heterocycles. The molecule has 0 aliphatic carbocycles. The standard InChI is InChI=1S/C8H12O3/c1-5(2)3-6-4-7(9)11-8(6)10/h4-5,8,10H,3H2,1-2H3. The average Bonchev–Trinajstić information content (AvgIpc) is 2.09. The summed E-state index contributed by atoms with van der Waals surface area (Å²) in [6.45, 7) is 4.05. The second-order valence-corrected chi connectivity index (χ2v) is 3.11. The van der Waals surface area contributed by atoms with Crippen LogP contribution in [0.4, 0.5) is 0 Å². The molecule has 0 aromatic carbocycles. The van der Waals surface area contributed by atoms with E-state index >= 15 is 0 Å². The van der Waals surface area contributed by atoms with E-state index < -0.39 is 12.3 Å². The van der Waals surface area contributed by atoms with Gasteiger partial charge < -0.3 is 9.84 Å². The fourth-order valence-electron chi connectivity index (χ4n) is 1.07. The smallest absolute Gasteiger partial charge is 0.333 e. The van der Waals surface area contributed by atoms with Crippen molar-refractivity contribution in [2.45, 2.75) is 26.6 Å². The lowest BCUT2D eigenvalue weighted by molar-refractivity contribution is -0.151. The van der Waals surface area contributed by atoms with E-state index in [9.17, 15) is 4.79 Å². The number of rotatable bonds is 2. The van der Waals surface area contributed by atoms with E-state index in [1.165, 1.54) is 6.08 Å². The van der Waals surface area contributed by atoms with Crippen molar-refractivity contribution in [2.24, 2.45) is 5.92 Å². The van der Waals surface area contributed by atoms with E-state index in [2.05, 4.69) is 4.74 Å². The topological polar surface area (TPSA) is 46.5 Å². The van der Waals surface area contributed by atoms with Gasteiger partial charge in [0, 0.05) is 11.6 Å². The SMILES string of the molecule is CC(C)CC1=CC(=O)OC1O. The first-order chi connectivity index (χ1) is 5.09. The van der Waals surface area contributed by atoms with Gasteiger partial charge in [0.15, 0.2) is 0 Å². The third-order valence-corrected chi connectivity index (χ3v) is 1.49. The molecule has 0 saturated carbocycles. The van der Waals surface area contributed by atoms with Crippen LogP contribution in [0.25, 0.3) is 0 Å². The molecule has 0 fully saturated rings. The lowest BCUT2D eigenvalue weighted by Gasteiger charge is -2.08. The van der Waals surface area contributed by atoms with Crippen LogP contribution in [0.5, 0.6) is 0 Å². The number of cyclic esters (lactones) is 1. The summed E-state index contributed by atoms with van der Waals surface area (Å²) in [5.74, 6) is -0.00134. The van der Waals surface area contributed by atoms with Crippen molar-refractivity contribution in [1.29, 1.82) is 0 Å². The van der Waals surface area contributed by atoms with E-state index in [-0.39, 0.29) is 0 Å². The predicted octanol–water partition coefficient (Wildman–Crippen LogP) is 0.834. The minimum absolute atomic E-state index is 0.436. The zero-order valence-electron chi connectivity index (χ0n) is 6.70. The second-order valence-electron chi connectivity index (χ2n) is 3.11. The Labute approximate surface area is 65.7 Å². The van der Waals surface area contributed by atoms with Crippen LogP contribution >= 0.6 is 0 Å². The predicted molar refractivity (Wildman–Crippen MR) is 39.6 cm³/mol. The Morgan fingerprint density at radius 2 is 2.36 bits per heavy atom. The van der Waals surface area contributed by atoms with Gasteiger partial charge in [0.1, 0.15) is 0 Å². The van der Waals surface area contributed by atoms with Gasteiger partial charge in [0.05, 0.1) is 0 Å². The van der Waals surface area contributed by atoms with Crippen LogP contribution in [0.3, 0.4) is 0 Å². The normalized spacial score (nSPS) is 23.8. The summed E-state index contributed by atoms with van der Waals surface area (Å²) in [5, 5.41) is 9.10. The first-order valence-electron chi connectivity index (χ1n) is 3.68. The molecule has 0 bridgehead atoms. The molecule has 1 aliphatic rings. The highest BCUT2D eigenvalue weighted by Gasteiger charge is 2.23. The molecule has 1 atom stereocenters. The number of hydrogen-bond acceptors (Lipinski definition) is 3. The summed E-state index contributed by atoms with van der Waals surface area (Å²) in [6, 6.07) is 0. The van der Waals surface area contributed by atoms with Crippen LogP contribution in [0.2, 0.25) is 0 Å². The molecule has 0 amide bonds. The maximum absolute atomic E-state index is 10.6. The zero-order valence-corrected chi connectivity index (χ0v) is 6.70. The van der Waals surface area contributed by atoms with E-state index in [0.29, 0.717) is 17.9 Å². The molecule has 0 radical (unpaired) electrons. The fourth-order valence-corrected chi connectivity index (χ4v) is 1.07. The van der Waals surface area contributed by atoms with E-state index in [4.69, 9.17) is 5.11 Å². The lowest BCUT2D eigenvalue weighted by atomic mass is 10.0. The van der Waals surface area contributed by atoms with E-state index in [0.717, 1.165) is 0 Å². The molecule has 1 N–H and O–H groups in total. The van der Waals surface area contributed by atoms with Crippen molar-refractivity contribution in [3.8, 4) is 0 Å². The quantitative estimate of drug-likeness (QED) is 0.602. The number of ether oxygens (including phenoxy) is 1. The number of aliphatic hydroxyl groups is 1. The summed E-state index contributed by atoms with van der Waals surface area (Å²) in [7, 11) is 0. The largest absolute Gasteiger partial charge is 0.429 e. The molecule has 62 valence electrons. The molecule has 1 aliphatic heterocycles. The van der Waals surface area contributed by atoms with Crippen molar-refractivity contribution < 1.29 is 14.6 Å². The van der Waals surface area contributed by atoms with Crippen molar-refractivity contribution in [2.75, 3.05) is 0 Å². The molecule has 0 aromatic heterocycles. The van der Waals surface area contributed by atoms with Crippen molar-refractivity contribution in [3.63, 3.8) is 0 Å². The van der Waals surface area contributed by atoms with Crippen LogP contribution < -0.4 is 0 Å². The third-order valence-electron chi connectivity index (χ3n) is 1.49. The van der Waals surface area contributed by atoms with Gasteiger partial charge >= 0.3 is 5.97 Å². The van der Waals surface area contributed by atoms with Crippen molar-refractivity contribution in [3.05, 3.63) is 11.6 Å². The first-order valence-corrected chi connectivity index (χ1v) is 3.68. The molecule has 3 nitrogen and oxygen atoms in total. The molecule has 3 heteroatoms. The Morgan fingerprint density at radius 1 is 1.73 bits per heavy atom. The Kier molecular flexibility index (Phi) is 2.29. The van der Waals surface area contributed by atoms with Gasteiger partial charge in [-0.05, 0) is 12.3 Å². The van der Waals surface area contributed by atoms with Crippen LogP contribution in [0, 0.1) is 5.92 Å². The maximum Gasteiger partial charge on any atom is 0.333 e. The van der Waals surface area contributed by atoms with Gasteiger partial charge in [-0.25, -0.2) is 4.79 Å². The highest BCUT2D eigenvalue weighted by atomic mass is 16.6. The van der Waals surface area contributed by atoms with Gasteiger partial charge in [-0.15, -0.1) is 0 Å². The first kappa shape index (κ1) is 8.27.